The van der Waals surface area contributed by atoms with Crippen LogP contribution in [0.1, 0.15) is 25.8 Å². The van der Waals surface area contributed by atoms with E-state index in [4.69, 9.17) is 4.74 Å². The standard InChI is InChI=1S/C16H22N2O3/c1-4-14-15(19)17-11(2)16(20)18(14)10-9-12-5-7-13(21-3)8-6-12/h5-8,11,14H,4,9-10H2,1-3H3,(H,17,19). The number of amides is 2. The maximum absolute atomic E-state index is 12.3. The third-order valence-corrected chi connectivity index (χ3v) is 3.88. The fourth-order valence-electron chi connectivity index (χ4n) is 2.63. The molecule has 0 bridgehead atoms. The van der Waals surface area contributed by atoms with E-state index in [1.807, 2.05) is 31.2 Å². The van der Waals surface area contributed by atoms with Crippen LogP contribution < -0.4 is 10.1 Å². The number of rotatable bonds is 5. The lowest BCUT2D eigenvalue weighted by molar-refractivity contribution is -0.148. The van der Waals surface area contributed by atoms with Crippen molar-refractivity contribution in [3.63, 3.8) is 0 Å². The van der Waals surface area contributed by atoms with Crippen molar-refractivity contribution in [2.24, 2.45) is 0 Å². The van der Waals surface area contributed by atoms with Gasteiger partial charge in [-0.3, -0.25) is 9.59 Å². The second-order valence-corrected chi connectivity index (χ2v) is 5.28. The zero-order valence-corrected chi connectivity index (χ0v) is 12.8. The molecule has 1 N–H and O–H groups in total. The van der Waals surface area contributed by atoms with Gasteiger partial charge in [-0.05, 0) is 37.5 Å². The average Bonchev–Trinajstić information content (AvgIpc) is 2.50. The Morgan fingerprint density at radius 2 is 1.90 bits per heavy atom. The van der Waals surface area contributed by atoms with E-state index in [1.54, 1.807) is 18.9 Å². The van der Waals surface area contributed by atoms with E-state index in [9.17, 15) is 9.59 Å². The van der Waals surface area contributed by atoms with Crippen molar-refractivity contribution >= 4 is 11.8 Å². The Bertz CT molecular complexity index is 513. The maximum atomic E-state index is 12.3. The highest BCUT2D eigenvalue weighted by Gasteiger charge is 2.36. The van der Waals surface area contributed by atoms with Crippen LogP contribution >= 0.6 is 0 Å². The molecular weight excluding hydrogens is 268 g/mol. The Balaban J connectivity index is 2.04. The van der Waals surface area contributed by atoms with Crippen molar-refractivity contribution in [2.45, 2.75) is 38.8 Å². The van der Waals surface area contributed by atoms with E-state index in [0.717, 1.165) is 17.7 Å². The van der Waals surface area contributed by atoms with Crippen molar-refractivity contribution in [2.75, 3.05) is 13.7 Å². The van der Waals surface area contributed by atoms with Gasteiger partial charge in [0.05, 0.1) is 7.11 Å². The number of ether oxygens (including phenoxy) is 1. The Hall–Kier alpha value is -2.04. The molecule has 114 valence electrons. The summed E-state index contributed by atoms with van der Waals surface area (Å²) in [7, 11) is 1.63. The first kappa shape index (κ1) is 15.4. The fraction of sp³-hybridized carbons (Fsp3) is 0.500. The summed E-state index contributed by atoms with van der Waals surface area (Å²) < 4.78 is 5.13. The number of carbonyl (C=O) groups is 2. The number of hydrogen-bond acceptors (Lipinski definition) is 3. The molecule has 1 aliphatic heterocycles. The molecule has 0 aliphatic carbocycles. The van der Waals surface area contributed by atoms with Gasteiger partial charge in [0.1, 0.15) is 17.8 Å². The quantitative estimate of drug-likeness (QED) is 0.891. The molecule has 21 heavy (non-hydrogen) atoms. The fourth-order valence-corrected chi connectivity index (χ4v) is 2.63. The number of hydrogen-bond donors (Lipinski definition) is 1. The van der Waals surface area contributed by atoms with Crippen LogP contribution in [0.2, 0.25) is 0 Å². The second-order valence-electron chi connectivity index (χ2n) is 5.28. The van der Waals surface area contributed by atoms with Crippen LogP contribution in [0.4, 0.5) is 0 Å². The predicted octanol–water partition coefficient (Wildman–Crippen LogP) is 1.36. The van der Waals surface area contributed by atoms with Crippen LogP contribution in [0, 0.1) is 0 Å². The van der Waals surface area contributed by atoms with E-state index < -0.39 is 6.04 Å². The molecule has 0 radical (unpaired) electrons. The number of methoxy groups -OCH3 is 1. The summed E-state index contributed by atoms with van der Waals surface area (Å²) in [6, 6.07) is 6.98. The van der Waals surface area contributed by atoms with Crippen molar-refractivity contribution in [1.29, 1.82) is 0 Å². The monoisotopic (exact) mass is 290 g/mol. The van der Waals surface area contributed by atoms with Gasteiger partial charge in [-0.1, -0.05) is 19.1 Å². The summed E-state index contributed by atoms with van der Waals surface area (Å²) in [5.74, 6) is 0.751. The van der Waals surface area contributed by atoms with Crippen LogP contribution in [-0.4, -0.2) is 42.5 Å². The van der Waals surface area contributed by atoms with Gasteiger partial charge in [0.25, 0.3) is 0 Å². The first-order valence-corrected chi connectivity index (χ1v) is 7.30. The molecule has 5 heteroatoms. The molecule has 0 saturated carbocycles. The molecule has 2 rings (SSSR count). The van der Waals surface area contributed by atoms with Gasteiger partial charge in [0.15, 0.2) is 0 Å². The molecule has 0 spiro atoms. The smallest absolute Gasteiger partial charge is 0.245 e. The van der Waals surface area contributed by atoms with E-state index in [1.165, 1.54) is 0 Å². The summed E-state index contributed by atoms with van der Waals surface area (Å²) in [5, 5.41) is 2.73. The second kappa shape index (κ2) is 6.61. The Morgan fingerprint density at radius 3 is 2.48 bits per heavy atom. The molecule has 5 nitrogen and oxygen atoms in total. The first-order chi connectivity index (χ1) is 10.1. The van der Waals surface area contributed by atoms with Gasteiger partial charge >= 0.3 is 0 Å². The van der Waals surface area contributed by atoms with Crippen LogP contribution in [0.15, 0.2) is 24.3 Å². The number of piperazine rings is 1. The lowest BCUT2D eigenvalue weighted by Gasteiger charge is -2.37. The summed E-state index contributed by atoms with van der Waals surface area (Å²) >= 11 is 0. The summed E-state index contributed by atoms with van der Waals surface area (Å²) in [6.45, 7) is 4.21. The van der Waals surface area contributed by atoms with Gasteiger partial charge in [0.2, 0.25) is 11.8 Å². The molecular formula is C16H22N2O3. The lowest BCUT2D eigenvalue weighted by atomic mass is 10.0. The van der Waals surface area contributed by atoms with Crippen LogP contribution in [-0.2, 0) is 16.0 Å². The van der Waals surface area contributed by atoms with Crippen molar-refractivity contribution < 1.29 is 14.3 Å². The highest BCUT2D eigenvalue weighted by Crippen LogP contribution is 2.16. The van der Waals surface area contributed by atoms with Gasteiger partial charge in [0, 0.05) is 6.54 Å². The SMILES string of the molecule is CCC1C(=O)NC(C)C(=O)N1CCc1ccc(OC)cc1. The minimum absolute atomic E-state index is 0.00467. The summed E-state index contributed by atoms with van der Waals surface area (Å²) in [6.07, 6.45) is 1.36. The topological polar surface area (TPSA) is 58.6 Å². The molecule has 2 amide bonds. The van der Waals surface area contributed by atoms with Crippen molar-refractivity contribution in [3.8, 4) is 5.75 Å². The summed E-state index contributed by atoms with van der Waals surface area (Å²) in [5.41, 5.74) is 1.12. The van der Waals surface area contributed by atoms with E-state index in [0.29, 0.717) is 13.0 Å². The van der Waals surface area contributed by atoms with Crippen LogP contribution in [0.5, 0.6) is 5.75 Å². The molecule has 2 atom stereocenters. The minimum atomic E-state index is -0.434. The van der Waals surface area contributed by atoms with E-state index >= 15 is 0 Å². The van der Waals surface area contributed by atoms with E-state index in [2.05, 4.69) is 5.32 Å². The van der Waals surface area contributed by atoms with Gasteiger partial charge in [-0.2, -0.15) is 0 Å². The third-order valence-electron chi connectivity index (χ3n) is 3.88. The number of benzene rings is 1. The number of carbonyl (C=O) groups excluding carboxylic acids is 2. The highest BCUT2D eigenvalue weighted by atomic mass is 16.5. The van der Waals surface area contributed by atoms with Crippen LogP contribution in [0.3, 0.4) is 0 Å². The Kier molecular flexibility index (Phi) is 4.83. The zero-order chi connectivity index (χ0) is 15.4. The molecule has 2 unspecified atom stereocenters. The minimum Gasteiger partial charge on any atom is -0.497 e. The van der Waals surface area contributed by atoms with Crippen LogP contribution in [0.25, 0.3) is 0 Å². The number of nitrogens with one attached hydrogen (secondary N) is 1. The molecule has 0 aromatic heterocycles. The first-order valence-electron chi connectivity index (χ1n) is 7.30. The summed E-state index contributed by atoms with van der Waals surface area (Å²) in [4.78, 5) is 25.9. The number of nitrogens with zero attached hydrogens (tertiary/aromatic N) is 1. The van der Waals surface area contributed by atoms with E-state index in [-0.39, 0.29) is 17.9 Å². The largest absolute Gasteiger partial charge is 0.497 e. The lowest BCUT2D eigenvalue weighted by Crippen LogP contribution is -2.62. The highest BCUT2D eigenvalue weighted by molar-refractivity contribution is 5.96. The molecule has 1 fully saturated rings. The zero-order valence-electron chi connectivity index (χ0n) is 12.8. The van der Waals surface area contributed by atoms with Gasteiger partial charge in [-0.15, -0.1) is 0 Å². The molecule has 1 heterocycles. The van der Waals surface area contributed by atoms with Gasteiger partial charge in [-0.25, -0.2) is 0 Å². The molecule has 1 saturated heterocycles. The Morgan fingerprint density at radius 1 is 1.24 bits per heavy atom. The van der Waals surface area contributed by atoms with Gasteiger partial charge < -0.3 is 15.0 Å². The Labute approximate surface area is 125 Å². The molecule has 1 aromatic rings. The molecule has 1 aromatic carbocycles. The third kappa shape index (κ3) is 3.35. The predicted molar refractivity (Wildman–Crippen MR) is 80.1 cm³/mol. The van der Waals surface area contributed by atoms with Crippen molar-refractivity contribution in [3.05, 3.63) is 29.8 Å². The molecule has 1 aliphatic rings. The normalized spacial score (nSPS) is 22.1. The maximum Gasteiger partial charge on any atom is 0.245 e. The average molecular weight is 290 g/mol. The van der Waals surface area contributed by atoms with Crippen molar-refractivity contribution in [1.82, 2.24) is 10.2 Å².